The van der Waals surface area contributed by atoms with Crippen LogP contribution in [0.25, 0.3) is 17.1 Å². The number of nitrogens with zero attached hydrogens (tertiary/aromatic N) is 7. The molecule has 0 amide bonds. The first-order valence-electron chi connectivity index (χ1n) is 11.3. The molecule has 0 aliphatic heterocycles. The third-order valence-electron chi connectivity index (χ3n) is 5.84. The van der Waals surface area contributed by atoms with Gasteiger partial charge in [-0.25, -0.2) is 4.68 Å². The Morgan fingerprint density at radius 1 is 0.944 bits per heavy atom. The molecule has 0 aliphatic rings. The topological polar surface area (TPSA) is 105 Å². The Morgan fingerprint density at radius 2 is 1.72 bits per heavy atom. The van der Waals surface area contributed by atoms with Gasteiger partial charge in [0.25, 0.3) is 5.69 Å². The van der Waals surface area contributed by atoms with Gasteiger partial charge in [0.2, 0.25) is 5.82 Å². The van der Waals surface area contributed by atoms with Crippen LogP contribution < -0.4 is 0 Å². The van der Waals surface area contributed by atoms with Crippen molar-refractivity contribution in [2.24, 2.45) is 0 Å². The lowest BCUT2D eigenvalue weighted by Gasteiger charge is -2.10. The first kappa shape index (κ1) is 23.4. The normalized spacial score (nSPS) is 11.1. The van der Waals surface area contributed by atoms with Crippen LogP contribution in [0.3, 0.4) is 0 Å². The SMILES string of the molecule is Cc1ccc(-n2ncc(-c3nnn(Cc4ccc([N+](=O)[O-])cc4)n3)c2SCc2ccccc2)cc1C. The van der Waals surface area contributed by atoms with Crippen molar-refractivity contribution in [1.29, 1.82) is 0 Å². The van der Waals surface area contributed by atoms with E-state index >= 15 is 0 Å². The molecule has 0 bridgehead atoms. The average molecular weight is 498 g/mol. The van der Waals surface area contributed by atoms with Crippen molar-refractivity contribution in [2.45, 2.75) is 31.2 Å². The van der Waals surface area contributed by atoms with Gasteiger partial charge in [0.15, 0.2) is 0 Å². The second kappa shape index (κ2) is 10.1. The third kappa shape index (κ3) is 5.03. The van der Waals surface area contributed by atoms with Gasteiger partial charge in [-0.05, 0) is 53.4 Å². The van der Waals surface area contributed by atoms with Crippen molar-refractivity contribution in [1.82, 2.24) is 30.0 Å². The monoisotopic (exact) mass is 497 g/mol. The van der Waals surface area contributed by atoms with E-state index in [2.05, 4.69) is 64.7 Å². The molecule has 0 N–H and O–H groups in total. The Hall–Kier alpha value is -4.31. The zero-order valence-corrected chi connectivity index (χ0v) is 20.6. The Bertz CT molecular complexity index is 1510. The molecule has 0 radical (unpaired) electrons. The number of rotatable bonds is 8. The quantitative estimate of drug-likeness (QED) is 0.161. The summed E-state index contributed by atoms with van der Waals surface area (Å²) < 4.78 is 1.92. The Labute approximate surface area is 211 Å². The van der Waals surface area contributed by atoms with E-state index in [4.69, 9.17) is 0 Å². The maximum Gasteiger partial charge on any atom is 0.269 e. The number of hydrogen-bond acceptors (Lipinski definition) is 7. The number of aryl methyl sites for hydroxylation is 2. The number of non-ortho nitro benzene ring substituents is 1. The van der Waals surface area contributed by atoms with Crippen LogP contribution in [0.4, 0.5) is 5.69 Å². The molecule has 180 valence electrons. The molecule has 0 atom stereocenters. The number of nitro benzene ring substituents is 1. The lowest BCUT2D eigenvalue weighted by atomic mass is 10.1. The molecule has 0 saturated carbocycles. The molecule has 0 unspecified atom stereocenters. The average Bonchev–Trinajstić information content (AvgIpc) is 3.52. The number of nitro groups is 1. The summed E-state index contributed by atoms with van der Waals surface area (Å²) in [4.78, 5) is 12.0. The molecule has 2 heterocycles. The molecule has 10 heteroatoms. The van der Waals surface area contributed by atoms with Gasteiger partial charge >= 0.3 is 0 Å². The molecule has 9 nitrogen and oxygen atoms in total. The Morgan fingerprint density at radius 3 is 2.44 bits per heavy atom. The summed E-state index contributed by atoms with van der Waals surface area (Å²) in [6.07, 6.45) is 1.77. The van der Waals surface area contributed by atoms with E-state index in [1.807, 2.05) is 22.9 Å². The van der Waals surface area contributed by atoms with E-state index < -0.39 is 4.92 Å². The van der Waals surface area contributed by atoms with E-state index in [1.165, 1.54) is 33.6 Å². The highest BCUT2D eigenvalue weighted by Crippen LogP contribution is 2.34. The van der Waals surface area contributed by atoms with E-state index in [-0.39, 0.29) is 5.69 Å². The Kier molecular flexibility index (Phi) is 6.59. The molecular weight excluding hydrogens is 474 g/mol. The summed E-state index contributed by atoms with van der Waals surface area (Å²) in [6, 6.07) is 22.9. The number of benzene rings is 3. The van der Waals surface area contributed by atoms with Crippen LogP contribution >= 0.6 is 11.8 Å². The van der Waals surface area contributed by atoms with Gasteiger partial charge in [0.1, 0.15) is 5.03 Å². The first-order valence-corrected chi connectivity index (χ1v) is 12.3. The van der Waals surface area contributed by atoms with Crippen molar-refractivity contribution < 1.29 is 4.92 Å². The molecule has 0 aliphatic carbocycles. The van der Waals surface area contributed by atoms with Gasteiger partial charge in [-0.2, -0.15) is 9.90 Å². The van der Waals surface area contributed by atoms with Gasteiger partial charge in [-0.1, -0.05) is 48.5 Å². The molecule has 0 saturated heterocycles. The second-order valence-corrected chi connectivity index (χ2v) is 9.35. The summed E-state index contributed by atoms with van der Waals surface area (Å²) >= 11 is 1.67. The van der Waals surface area contributed by atoms with Gasteiger partial charge in [0, 0.05) is 17.9 Å². The lowest BCUT2D eigenvalue weighted by Crippen LogP contribution is -2.04. The van der Waals surface area contributed by atoms with Crippen LogP contribution in [-0.4, -0.2) is 34.9 Å². The molecule has 36 heavy (non-hydrogen) atoms. The molecule has 5 rings (SSSR count). The number of thioether (sulfide) groups is 1. The fourth-order valence-electron chi connectivity index (χ4n) is 3.70. The van der Waals surface area contributed by atoms with E-state index in [1.54, 1.807) is 30.1 Å². The smallest absolute Gasteiger partial charge is 0.258 e. The zero-order valence-electron chi connectivity index (χ0n) is 19.8. The predicted molar refractivity (Wildman–Crippen MR) is 138 cm³/mol. The number of hydrogen-bond donors (Lipinski definition) is 0. The predicted octanol–water partition coefficient (Wildman–Crippen LogP) is 5.39. The first-order chi connectivity index (χ1) is 17.5. The highest BCUT2D eigenvalue weighted by molar-refractivity contribution is 7.98. The third-order valence-corrected chi connectivity index (χ3v) is 6.99. The highest BCUT2D eigenvalue weighted by Gasteiger charge is 2.19. The van der Waals surface area contributed by atoms with Gasteiger partial charge < -0.3 is 0 Å². The van der Waals surface area contributed by atoms with Crippen molar-refractivity contribution in [3.63, 3.8) is 0 Å². The largest absolute Gasteiger partial charge is 0.269 e. The number of tetrazole rings is 1. The fraction of sp³-hybridized carbons (Fsp3) is 0.154. The van der Waals surface area contributed by atoms with Crippen molar-refractivity contribution in [2.75, 3.05) is 0 Å². The van der Waals surface area contributed by atoms with Crippen molar-refractivity contribution in [3.05, 3.63) is 111 Å². The van der Waals surface area contributed by atoms with Crippen molar-refractivity contribution in [3.8, 4) is 17.1 Å². The van der Waals surface area contributed by atoms with Crippen LogP contribution in [-0.2, 0) is 12.3 Å². The molecule has 5 aromatic rings. The minimum Gasteiger partial charge on any atom is -0.258 e. The van der Waals surface area contributed by atoms with Crippen LogP contribution in [0.5, 0.6) is 0 Å². The van der Waals surface area contributed by atoms with Gasteiger partial charge in [-0.3, -0.25) is 10.1 Å². The molecule has 0 spiro atoms. The van der Waals surface area contributed by atoms with E-state index in [0.717, 1.165) is 27.6 Å². The lowest BCUT2D eigenvalue weighted by molar-refractivity contribution is -0.384. The second-order valence-electron chi connectivity index (χ2n) is 8.39. The van der Waals surface area contributed by atoms with Crippen LogP contribution in [0.1, 0.15) is 22.3 Å². The number of aromatic nitrogens is 6. The summed E-state index contributed by atoms with van der Waals surface area (Å²) in [5, 5.41) is 29.6. The van der Waals surface area contributed by atoms with Crippen LogP contribution in [0.2, 0.25) is 0 Å². The Balaban J connectivity index is 1.46. The summed E-state index contributed by atoms with van der Waals surface area (Å²) in [6.45, 7) is 4.53. The zero-order chi connectivity index (χ0) is 25.1. The minimum absolute atomic E-state index is 0.0461. The van der Waals surface area contributed by atoms with E-state index in [0.29, 0.717) is 12.4 Å². The molecule has 2 aromatic heterocycles. The van der Waals surface area contributed by atoms with Crippen LogP contribution in [0.15, 0.2) is 84.0 Å². The van der Waals surface area contributed by atoms with E-state index in [9.17, 15) is 10.1 Å². The summed E-state index contributed by atoms with van der Waals surface area (Å²) in [5.74, 6) is 1.24. The summed E-state index contributed by atoms with van der Waals surface area (Å²) in [5.41, 5.74) is 6.27. The summed E-state index contributed by atoms with van der Waals surface area (Å²) in [7, 11) is 0. The van der Waals surface area contributed by atoms with Gasteiger partial charge in [-0.15, -0.1) is 22.0 Å². The molecule has 3 aromatic carbocycles. The highest BCUT2D eigenvalue weighted by atomic mass is 32.2. The minimum atomic E-state index is -0.419. The molecular formula is C26H23N7O2S. The molecule has 0 fully saturated rings. The maximum atomic E-state index is 10.9. The maximum absolute atomic E-state index is 10.9. The van der Waals surface area contributed by atoms with Gasteiger partial charge in [0.05, 0.1) is 28.9 Å². The fourth-order valence-corrected chi connectivity index (χ4v) is 4.77. The van der Waals surface area contributed by atoms with Crippen LogP contribution in [0, 0.1) is 24.0 Å². The van der Waals surface area contributed by atoms with Crippen molar-refractivity contribution >= 4 is 17.4 Å². The standard InChI is InChI=1S/C26H23N7O2S/c1-18-8-11-23(14-19(18)2)32-26(36-17-21-6-4-3-5-7-21)24(15-27-32)25-28-30-31(29-25)16-20-9-12-22(13-10-20)33(34)35/h3-15H,16-17H2,1-2H3.